The summed E-state index contributed by atoms with van der Waals surface area (Å²) >= 11 is 0. The van der Waals surface area contributed by atoms with Crippen molar-refractivity contribution in [1.82, 2.24) is 4.90 Å². The number of carbonyl (C=O) groups is 1. The highest BCUT2D eigenvalue weighted by atomic mass is 16.6. The van der Waals surface area contributed by atoms with Gasteiger partial charge in [-0.2, -0.15) is 0 Å². The van der Waals surface area contributed by atoms with Crippen LogP contribution < -0.4 is 0 Å². The van der Waals surface area contributed by atoms with E-state index in [0.29, 0.717) is 25.3 Å². The molecule has 1 heterocycles. The molecule has 0 spiro atoms. The topological polar surface area (TPSA) is 70.0 Å². The van der Waals surface area contributed by atoms with Gasteiger partial charge in [0, 0.05) is 13.1 Å². The van der Waals surface area contributed by atoms with Crippen molar-refractivity contribution < 1.29 is 19.6 Å². The van der Waals surface area contributed by atoms with Crippen LogP contribution in [0.3, 0.4) is 0 Å². The number of hydrogen-bond donors (Lipinski definition) is 2. The van der Waals surface area contributed by atoms with Gasteiger partial charge in [0.15, 0.2) is 0 Å². The first kappa shape index (κ1) is 15.3. The summed E-state index contributed by atoms with van der Waals surface area (Å²) in [5.41, 5.74) is -0.449. The zero-order chi connectivity index (χ0) is 13.8. The smallest absolute Gasteiger partial charge is 0.444 e. The van der Waals surface area contributed by atoms with E-state index < -0.39 is 12.7 Å². The lowest BCUT2D eigenvalue weighted by molar-refractivity contribution is 0.0182. The molecule has 6 heteroatoms. The molecule has 1 fully saturated rings. The van der Waals surface area contributed by atoms with Crippen molar-refractivity contribution in [2.45, 2.75) is 52.0 Å². The predicted octanol–water partition coefficient (Wildman–Crippen LogP) is 1.50. The third-order valence-corrected chi connectivity index (χ3v) is 3.10. The Morgan fingerprint density at radius 1 is 1.33 bits per heavy atom. The maximum absolute atomic E-state index is 11.8. The molecule has 0 radical (unpaired) electrons. The molecule has 0 saturated carbocycles. The first-order valence-electron chi connectivity index (χ1n) is 6.62. The summed E-state index contributed by atoms with van der Waals surface area (Å²) in [6.07, 6.45) is 2.79. The fraction of sp³-hybridized carbons (Fsp3) is 0.917. The van der Waals surface area contributed by atoms with Gasteiger partial charge in [0.05, 0.1) is 0 Å². The van der Waals surface area contributed by atoms with Gasteiger partial charge in [0.1, 0.15) is 5.60 Å². The predicted molar refractivity (Wildman–Crippen MR) is 70.1 cm³/mol. The largest absolute Gasteiger partial charge is 0.451 e. The number of rotatable bonds is 3. The molecule has 1 saturated heterocycles. The van der Waals surface area contributed by atoms with Gasteiger partial charge in [-0.1, -0.05) is 6.42 Å². The summed E-state index contributed by atoms with van der Waals surface area (Å²) in [6, 6.07) is 0. The van der Waals surface area contributed by atoms with Gasteiger partial charge in [0.25, 0.3) is 0 Å². The van der Waals surface area contributed by atoms with Crippen molar-refractivity contribution >= 4 is 13.2 Å². The zero-order valence-corrected chi connectivity index (χ0v) is 11.6. The van der Waals surface area contributed by atoms with E-state index in [1.165, 1.54) is 0 Å². The number of likely N-dealkylation sites (tertiary alicyclic amines) is 1. The van der Waals surface area contributed by atoms with Crippen LogP contribution in [-0.4, -0.2) is 46.9 Å². The minimum atomic E-state index is -1.21. The van der Waals surface area contributed by atoms with Crippen molar-refractivity contribution in [2.75, 3.05) is 13.1 Å². The lowest BCUT2D eigenvalue weighted by Crippen LogP contribution is -2.41. The van der Waals surface area contributed by atoms with Gasteiger partial charge in [-0.15, -0.1) is 0 Å². The first-order valence-corrected chi connectivity index (χ1v) is 6.62. The van der Waals surface area contributed by atoms with Crippen molar-refractivity contribution in [2.24, 2.45) is 5.92 Å². The fourth-order valence-corrected chi connectivity index (χ4v) is 2.12. The van der Waals surface area contributed by atoms with E-state index in [9.17, 15) is 4.79 Å². The Morgan fingerprint density at radius 2 is 1.89 bits per heavy atom. The van der Waals surface area contributed by atoms with E-state index in [4.69, 9.17) is 14.8 Å². The molecule has 1 aliphatic heterocycles. The molecule has 104 valence electrons. The molecule has 0 aliphatic carbocycles. The number of nitrogens with zero attached hydrogens (tertiary/aromatic N) is 1. The Kier molecular flexibility index (Phi) is 5.47. The van der Waals surface area contributed by atoms with Gasteiger partial charge in [-0.25, -0.2) is 4.79 Å². The summed E-state index contributed by atoms with van der Waals surface area (Å²) in [5, 5.41) is 17.6. The molecule has 0 aromatic rings. The first-order chi connectivity index (χ1) is 8.28. The lowest BCUT2D eigenvalue weighted by Gasteiger charge is -2.33. The van der Waals surface area contributed by atoms with E-state index in [1.807, 2.05) is 20.8 Å². The molecule has 18 heavy (non-hydrogen) atoms. The highest BCUT2D eigenvalue weighted by Crippen LogP contribution is 2.23. The van der Waals surface area contributed by atoms with Gasteiger partial charge in [0.2, 0.25) is 0 Å². The summed E-state index contributed by atoms with van der Waals surface area (Å²) in [7, 11) is -1.21. The van der Waals surface area contributed by atoms with Gasteiger partial charge < -0.3 is 19.7 Å². The Labute approximate surface area is 109 Å². The quantitative estimate of drug-likeness (QED) is 0.751. The summed E-state index contributed by atoms with van der Waals surface area (Å²) in [5.74, 6) is 0.477. The van der Waals surface area contributed by atoms with Crippen LogP contribution in [0.4, 0.5) is 4.79 Å². The number of piperidine rings is 1. The summed E-state index contributed by atoms with van der Waals surface area (Å²) in [6.45, 7) is 6.98. The molecule has 0 unspecified atom stereocenters. The van der Waals surface area contributed by atoms with Crippen LogP contribution >= 0.6 is 0 Å². The minimum absolute atomic E-state index is 0.247. The van der Waals surface area contributed by atoms with E-state index >= 15 is 0 Å². The summed E-state index contributed by atoms with van der Waals surface area (Å²) in [4.78, 5) is 13.5. The Balaban J connectivity index is 2.28. The number of amides is 1. The SMILES string of the molecule is CC(C)(C)OC(=O)N1CCC(CCB(O)O)CC1. The highest BCUT2D eigenvalue weighted by molar-refractivity contribution is 6.40. The maximum atomic E-state index is 11.8. The van der Waals surface area contributed by atoms with Crippen molar-refractivity contribution in [1.29, 1.82) is 0 Å². The third-order valence-electron chi connectivity index (χ3n) is 3.10. The Bertz CT molecular complexity index is 270. The zero-order valence-electron chi connectivity index (χ0n) is 11.6. The van der Waals surface area contributed by atoms with Crippen molar-refractivity contribution in [3.63, 3.8) is 0 Å². The van der Waals surface area contributed by atoms with E-state index in [2.05, 4.69) is 0 Å². The van der Waals surface area contributed by atoms with Crippen LogP contribution in [-0.2, 0) is 4.74 Å². The average Bonchev–Trinajstić information content (AvgIpc) is 2.24. The summed E-state index contributed by atoms with van der Waals surface area (Å²) < 4.78 is 5.32. The van der Waals surface area contributed by atoms with Gasteiger partial charge in [-0.3, -0.25) is 0 Å². The number of ether oxygens (including phenoxy) is 1. The van der Waals surface area contributed by atoms with Crippen LogP contribution in [0.15, 0.2) is 0 Å². The van der Waals surface area contributed by atoms with Crippen LogP contribution in [0.5, 0.6) is 0 Å². The number of carbonyl (C=O) groups excluding carboxylic acids is 1. The second-order valence-corrected chi connectivity index (χ2v) is 5.97. The Hall–Kier alpha value is -0.745. The van der Waals surface area contributed by atoms with E-state index in [-0.39, 0.29) is 6.09 Å². The average molecular weight is 257 g/mol. The second-order valence-electron chi connectivity index (χ2n) is 5.97. The van der Waals surface area contributed by atoms with Crippen molar-refractivity contribution in [3.8, 4) is 0 Å². The minimum Gasteiger partial charge on any atom is -0.444 e. The van der Waals surface area contributed by atoms with Crippen LogP contribution in [0.25, 0.3) is 0 Å². The highest BCUT2D eigenvalue weighted by Gasteiger charge is 2.27. The van der Waals surface area contributed by atoms with Crippen LogP contribution in [0.2, 0.25) is 6.32 Å². The molecule has 5 nitrogen and oxygen atoms in total. The molecule has 2 N–H and O–H groups in total. The third kappa shape index (κ3) is 5.73. The van der Waals surface area contributed by atoms with E-state index in [0.717, 1.165) is 19.3 Å². The Morgan fingerprint density at radius 3 is 2.33 bits per heavy atom. The second kappa shape index (κ2) is 6.43. The fourth-order valence-electron chi connectivity index (χ4n) is 2.12. The monoisotopic (exact) mass is 257 g/mol. The standard InChI is InChI=1S/C12H24BNO4/c1-12(2,3)18-11(15)14-8-5-10(6-9-14)4-7-13(16)17/h10,16-17H,4-9H2,1-3H3. The normalized spacial score (nSPS) is 17.7. The van der Waals surface area contributed by atoms with Crippen LogP contribution in [0.1, 0.15) is 40.0 Å². The molecule has 0 atom stereocenters. The number of hydrogen-bond acceptors (Lipinski definition) is 4. The molecule has 1 amide bonds. The molecular weight excluding hydrogens is 233 g/mol. The molecular formula is C12H24BNO4. The lowest BCUT2D eigenvalue weighted by atomic mass is 9.78. The maximum Gasteiger partial charge on any atom is 0.451 e. The van der Waals surface area contributed by atoms with Crippen LogP contribution in [0, 0.1) is 5.92 Å². The molecule has 0 aromatic heterocycles. The van der Waals surface area contributed by atoms with Crippen molar-refractivity contribution in [3.05, 3.63) is 0 Å². The van der Waals surface area contributed by atoms with Gasteiger partial charge >= 0.3 is 13.2 Å². The molecule has 1 aliphatic rings. The molecule has 1 rings (SSSR count). The molecule has 0 aromatic carbocycles. The van der Waals surface area contributed by atoms with E-state index in [1.54, 1.807) is 4.90 Å². The molecule has 0 bridgehead atoms. The van der Waals surface area contributed by atoms with Gasteiger partial charge in [-0.05, 0) is 45.9 Å².